The molecule has 1 aliphatic carbocycles. The van der Waals surface area contributed by atoms with Crippen molar-refractivity contribution in [3.8, 4) is 6.07 Å². The molecule has 0 unspecified atom stereocenters. The first-order valence-corrected chi connectivity index (χ1v) is 5.61. The Morgan fingerprint density at radius 3 is 2.59 bits per heavy atom. The van der Waals surface area contributed by atoms with Crippen LogP contribution >= 0.6 is 0 Å². The Morgan fingerprint density at radius 2 is 2.18 bits per heavy atom. The number of carboxylic acids is 1. The highest BCUT2D eigenvalue weighted by Gasteiger charge is 2.44. The van der Waals surface area contributed by atoms with Crippen LogP contribution in [-0.4, -0.2) is 42.1 Å². The van der Waals surface area contributed by atoms with Crippen molar-refractivity contribution in [3.63, 3.8) is 0 Å². The summed E-state index contributed by atoms with van der Waals surface area (Å²) in [6, 6.07) is 1.62. The average Bonchev–Trinajstić information content (AvgIpc) is 2.23. The summed E-state index contributed by atoms with van der Waals surface area (Å²) in [5.74, 6) is -0.844. The van der Waals surface area contributed by atoms with Crippen molar-refractivity contribution in [2.75, 3.05) is 20.1 Å². The van der Waals surface area contributed by atoms with E-state index in [9.17, 15) is 9.59 Å². The quantitative estimate of drug-likeness (QED) is 0.742. The molecule has 0 heterocycles. The Bertz CT molecular complexity index is 344. The fourth-order valence-corrected chi connectivity index (χ4v) is 1.77. The molecule has 0 aromatic rings. The third-order valence-corrected chi connectivity index (χ3v) is 3.25. The Kier molecular flexibility index (Phi) is 4.32. The number of urea groups is 1. The standard InChI is InChI=1S/C11H17N3O3/c1-14(7-3-6-12)10(17)13-8-11(9(15)16)4-2-5-11/h2-5,7-8H2,1H3,(H,13,17)(H,15,16). The first-order chi connectivity index (χ1) is 8.02. The molecule has 6 heteroatoms. The van der Waals surface area contributed by atoms with Gasteiger partial charge in [0.2, 0.25) is 0 Å². The normalized spacial score (nSPS) is 16.5. The zero-order valence-electron chi connectivity index (χ0n) is 9.90. The molecule has 1 aliphatic rings. The third-order valence-electron chi connectivity index (χ3n) is 3.25. The molecule has 2 N–H and O–H groups in total. The number of rotatable bonds is 5. The van der Waals surface area contributed by atoms with Gasteiger partial charge in [0.05, 0.1) is 17.9 Å². The minimum atomic E-state index is -0.844. The molecule has 6 nitrogen and oxygen atoms in total. The van der Waals surface area contributed by atoms with E-state index >= 15 is 0 Å². The van der Waals surface area contributed by atoms with Crippen molar-refractivity contribution >= 4 is 12.0 Å². The highest BCUT2D eigenvalue weighted by atomic mass is 16.4. The molecule has 0 aromatic heterocycles. The summed E-state index contributed by atoms with van der Waals surface area (Å²) >= 11 is 0. The fraction of sp³-hybridized carbons (Fsp3) is 0.727. The fourth-order valence-electron chi connectivity index (χ4n) is 1.77. The van der Waals surface area contributed by atoms with E-state index in [0.29, 0.717) is 19.4 Å². The molecule has 17 heavy (non-hydrogen) atoms. The number of hydrogen-bond acceptors (Lipinski definition) is 3. The minimum Gasteiger partial charge on any atom is -0.481 e. The molecular formula is C11H17N3O3. The molecule has 0 aliphatic heterocycles. The van der Waals surface area contributed by atoms with Crippen LogP contribution in [-0.2, 0) is 4.79 Å². The number of nitriles is 1. The van der Waals surface area contributed by atoms with Gasteiger partial charge < -0.3 is 15.3 Å². The van der Waals surface area contributed by atoms with E-state index in [-0.39, 0.29) is 19.0 Å². The second kappa shape index (κ2) is 5.53. The molecule has 2 amide bonds. The van der Waals surface area contributed by atoms with Crippen LogP contribution in [0.3, 0.4) is 0 Å². The lowest BCUT2D eigenvalue weighted by molar-refractivity contribution is -0.153. The number of carbonyl (C=O) groups excluding carboxylic acids is 1. The van der Waals surface area contributed by atoms with Crippen LogP contribution in [0.15, 0.2) is 0 Å². The van der Waals surface area contributed by atoms with Crippen LogP contribution in [0, 0.1) is 16.7 Å². The lowest BCUT2D eigenvalue weighted by Gasteiger charge is -2.37. The second-order valence-electron chi connectivity index (χ2n) is 4.43. The number of nitrogens with zero attached hydrogens (tertiary/aromatic N) is 2. The van der Waals surface area contributed by atoms with Crippen molar-refractivity contribution in [1.82, 2.24) is 10.2 Å². The molecule has 0 atom stereocenters. The monoisotopic (exact) mass is 239 g/mol. The lowest BCUT2D eigenvalue weighted by Crippen LogP contribution is -2.50. The predicted molar refractivity (Wildman–Crippen MR) is 60.2 cm³/mol. The van der Waals surface area contributed by atoms with E-state index < -0.39 is 11.4 Å². The summed E-state index contributed by atoms with van der Waals surface area (Å²) in [5.41, 5.74) is -0.772. The van der Waals surface area contributed by atoms with Gasteiger partial charge in [-0.15, -0.1) is 0 Å². The van der Waals surface area contributed by atoms with Crippen LogP contribution in [0.1, 0.15) is 25.7 Å². The molecule has 1 saturated carbocycles. The van der Waals surface area contributed by atoms with Crippen LogP contribution in [0.2, 0.25) is 0 Å². The van der Waals surface area contributed by atoms with E-state index in [1.165, 1.54) is 4.90 Å². The summed E-state index contributed by atoms with van der Waals surface area (Å²) in [7, 11) is 1.58. The number of carbonyl (C=O) groups is 2. The highest BCUT2D eigenvalue weighted by Crippen LogP contribution is 2.40. The van der Waals surface area contributed by atoms with Gasteiger partial charge in [-0.3, -0.25) is 4.79 Å². The number of hydrogen-bond donors (Lipinski definition) is 2. The molecule has 0 spiro atoms. The van der Waals surface area contributed by atoms with Gasteiger partial charge in [0.1, 0.15) is 0 Å². The second-order valence-corrected chi connectivity index (χ2v) is 4.43. The van der Waals surface area contributed by atoms with Crippen LogP contribution in [0.5, 0.6) is 0 Å². The van der Waals surface area contributed by atoms with Crippen LogP contribution in [0.25, 0.3) is 0 Å². The Balaban J connectivity index is 2.37. The van der Waals surface area contributed by atoms with Crippen molar-refractivity contribution in [3.05, 3.63) is 0 Å². The van der Waals surface area contributed by atoms with E-state index in [4.69, 9.17) is 10.4 Å². The SMILES string of the molecule is CN(CCC#N)C(=O)NCC1(C(=O)O)CCC1. The Hall–Kier alpha value is -1.77. The third kappa shape index (κ3) is 3.09. The first kappa shape index (κ1) is 13.3. The average molecular weight is 239 g/mol. The van der Waals surface area contributed by atoms with Gasteiger partial charge in [0, 0.05) is 20.1 Å². The van der Waals surface area contributed by atoms with Gasteiger partial charge in [-0.05, 0) is 12.8 Å². The molecule has 94 valence electrons. The van der Waals surface area contributed by atoms with E-state index in [2.05, 4.69) is 5.32 Å². The van der Waals surface area contributed by atoms with E-state index in [1.807, 2.05) is 6.07 Å². The zero-order chi connectivity index (χ0) is 12.9. The summed E-state index contributed by atoms with van der Waals surface area (Å²) in [6.07, 6.45) is 2.40. The molecule has 0 aromatic carbocycles. The summed E-state index contributed by atoms with van der Waals surface area (Å²) in [4.78, 5) is 24.0. The van der Waals surface area contributed by atoms with Gasteiger partial charge >= 0.3 is 12.0 Å². The zero-order valence-corrected chi connectivity index (χ0v) is 9.90. The topological polar surface area (TPSA) is 93.4 Å². The van der Waals surface area contributed by atoms with Crippen molar-refractivity contribution < 1.29 is 14.7 Å². The maximum atomic E-state index is 11.6. The Labute approximate surface area is 100 Å². The summed E-state index contributed by atoms with van der Waals surface area (Å²) in [5, 5.41) is 20.1. The van der Waals surface area contributed by atoms with E-state index in [0.717, 1.165) is 6.42 Å². The first-order valence-electron chi connectivity index (χ1n) is 5.61. The van der Waals surface area contributed by atoms with Crippen LogP contribution < -0.4 is 5.32 Å². The summed E-state index contributed by atoms with van der Waals surface area (Å²) < 4.78 is 0. The minimum absolute atomic E-state index is 0.165. The maximum absolute atomic E-state index is 11.6. The smallest absolute Gasteiger partial charge is 0.317 e. The van der Waals surface area contributed by atoms with Crippen LogP contribution in [0.4, 0.5) is 4.79 Å². The van der Waals surface area contributed by atoms with Crippen molar-refractivity contribution in [2.45, 2.75) is 25.7 Å². The van der Waals surface area contributed by atoms with Gasteiger partial charge in [0.25, 0.3) is 0 Å². The number of aliphatic carboxylic acids is 1. The van der Waals surface area contributed by atoms with Gasteiger partial charge in [-0.25, -0.2) is 4.79 Å². The molecule has 0 radical (unpaired) electrons. The molecule has 0 saturated heterocycles. The highest BCUT2D eigenvalue weighted by molar-refractivity contribution is 5.78. The van der Waals surface area contributed by atoms with Gasteiger partial charge in [-0.2, -0.15) is 5.26 Å². The predicted octanol–water partition coefficient (Wildman–Crippen LogP) is 0.796. The largest absolute Gasteiger partial charge is 0.481 e. The van der Waals surface area contributed by atoms with Crippen molar-refractivity contribution in [1.29, 1.82) is 5.26 Å². The number of carboxylic acid groups (broad SMARTS) is 1. The lowest BCUT2D eigenvalue weighted by atomic mass is 9.69. The number of amides is 2. The Morgan fingerprint density at radius 1 is 1.53 bits per heavy atom. The summed E-state index contributed by atoms with van der Waals surface area (Å²) in [6.45, 7) is 0.514. The molecular weight excluding hydrogens is 222 g/mol. The van der Waals surface area contributed by atoms with E-state index in [1.54, 1.807) is 7.05 Å². The molecule has 1 fully saturated rings. The molecule has 0 bridgehead atoms. The maximum Gasteiger partial charge on any atom is 0.317 e. The van der Waals surface area contributed by atoms with Crippen molar-refractivity contribution in [2.24, 2.45) is 5.41 Å². The van der Waals surface area contributed by atoms with Gasteiger partial charge in [0.15, 0.2) is 0 Å². The van der Waals surface area contributed by atoms with Gasteiger partial charge in [-0.1, -0.05) is 6.42 Å². The number of nitrogens with one attached hydrogen (secondary N) is 1. The molecule has 1 rings (SSSR count).